The van der Waals surface area contributed by atoms with E-state index in [-0.39, 0.29) is 12.7 Å². The summed E-state index contributed by atoms with van der Waals surface area (Å²) in [6.07, 6.45) is 14.8. The summed E-state index contributed by atoms with van der Waals surface area (Å²) in [5, 5.41) is 9.48. The Balaban J connectivity index is 2.36. The van der Waals surface area contributed by atoms with Crippen LogP contribution in [0, 0.1) is 11.8 Å². The SMILES string of the molecule is CCCCCCC(CCCCCC)C1CCO[C@@H]1CO. The molecule has 1 N–H and O–H groups in total. The first kappa shape index (κ1) is 18.0. The molecule has 1 heterocycles. The lowest BCUT2D eigenvalue weighted by molar-refractivity contribution is 0.0242. The van der Waals surface area contributed by atoms with E-state index < -0.39 is 0 Å². The van der Waals surface area contributed by atoms with Crippen LogP contribution in [0.25, 0.3) is 0 Å². The molecule has 1 rings (SSSR count). The normalized spacial score (nSPS) is 22.8. The molecular formula is C18H36O2. The first-order chi connectivity index (χ1) is 9.83. The van der Waals surface area contributed by atoms with Gasteiger partial charge in [0.25, 0.3) is 0 Å². The smallest absolute Gasteiger partial charge is 0.0837 e. The molecule has 1 aliphatic heterocycles. The fraction of sp³-hybridized carbons (Fsp3) is 1.00. The zero-order valence-corrected chi connectivity index (χ0v) is 13.8. The summed E-state index contributed by atoms with van der Waals surface area (Å²) in [4.78, 5) is 0. The topological polar surface area (TPSA) is 29.5 Å². The molecule has 0 saturated carbocycles. The molecule has 0 spiro atoms. The monoisotopic (exact) mass is 284 g/mol. The fourth-order valence-corrected chi connectivity index (χ4v) is 3.63. The van der Waals surface area contributed by atoms with E-state index in [2.05, 4.69) is 13.8 Å². The highest BCUT2D eigenvalue weighted by Gasteiger charge is 2.33. The Kier molecular flexibility index (Phi) is 10.4. The van der Waals surface area contributed by atoms with Gasteiger partial charge in [-0.15, -0.1) is 0 Å². The van der Waals surface area contributed by atoms with Gasteiger partial charge in [0.05, 0.1) is 12.7 Å². The molecule has 1 saturated heterocycles. The maximum Gasteiger partial charge on any atom is 0.0837 e. The third-order valence-corrected chi connectivity index (χ3v) is 4.90. The van der Waals surface area contributed by atoms with Gasteiger partial charge in [-0.25, -0.2) is 0 Å². The van der Waals surface area contributed by atoms with E-state index in [1.165, 1.54) is 64.2 Å². The standard InChI is InChI=1S/C18H36O2/c1-3-5-7-9-11-16(12-10-8-6-4-2)17-13-14-20-18(17)15-19/h16-19H,3-15H2,1-2H3/t17?,18-/m1/s1. The summed E-state index contributed by atoms with van der Waals surface area (Å²) < 4.78 is 5.70. The molecule has 120 valence electrons. The quantitative estimate of drug-likeness (QED) is 0.514. The van der Waals surface area contributed by atoms with Gasteiger partial charge in [-0.2, -0.15) is 0 Å². The predicted octanol–water partition coefficient (Wildman–Crippen LogP) is 4.94. The maximum absolute atomic E-state index is 9.48. The Morgan fingerprint density at radius 2 is 1.55 bits per heavy atom. The molecule has 2 atom stereocenters. The highest BCUT2D eigenvalue weighted by atomic mass is 16.5. The van der Waals surface area contributed by atoms with Crippen molar-refractivity contribution in [3.05, 3.63) is 0 Å². The van der Waals surface area contributed by atoms with Crippen molar-refractivity contribution in [2.45, 2.75) is 90.6 Å². The van der Waals surface area contributed by atoms with E-state index in [4.69, 9.17) is 4.74 Å². The largest absolute Gasteiger partial charge is 0.394 e. The second-order valence-electron chi connectivity index (χ2n) is 6.50. The summed E-state index contributed by atoms with van der Waals surface area (Å²) >= 11 is 0. The average molecular weight is 284 g/mol. The van der Waals surface area contributed by atoms with Crippen molar-refractivity contribution in [3.8, 4) is 0 Å². The molecule has 0 aliphatic carbocycles. The minimum absolute atomic E-state index is 0.123. The number of rotatable bonds is 12. The highest BCUT2D eigenvalue weighted by Crippen LogP contribution is 2.35. The molecule has 0 aromatic heterocycles. The van der Waals surface area contributed by atoms with Crippen LogP contribution in [0.15, 0.2) is 0 Å². The Morgan fingerprint density at radius 3 is 2.05 bits per heavy atom. The van der Waals surface area contributed by atoms with Crippen LogP contribution < -0.4 is 0 Å². The van der Waals surface area contributed by atoms with Crippen LogP contribution in [0.5, 0.6) is 0 Å². The van der Waals surface area contributed by atoms with Gasteiger partial charge in [0, 0.05) is 6.61 Å². The van der Waals surface area contributed by atoms with Crippen LogP contribution in [0.4, 0.5) is 0 Å². The number of hydrogen-bond donors (Lipinski definition) is 1. The van der Waals surface area contributed by atoms with Crippen LogP contribution in [0.3, 0.4) is 0 Å². The molecule has 1 aliphatic rings. The summed E-state index contributed by atoms with van der Waals surface area (Å²) in [5.41, 5.74) is 0. The number of ether oxygens (including phenoxy) is 1. The van der Waals surface area contributed by atoms with Crippen molar-refractivity contribution in [2.24, 2.45) is 11.8 Å². The molecule has 0 bridgehead atoms. The summed E-state index contributed by atoms with van der Waals surface area (Å²) in [6, 6.07) is 0. The van der Waals surface area contributed by atoms with Gasteiger partial charge < -0.3 is 9.84 Å². The summed E-state index contributed by atoms with van der Waals surface area (Å²) in [7, 11) is 0. The predicted molar refractivity (Wildman–Crippen MR) is 85.9 cm³/mol. The van der Waals surface area contributed by atoms with E-state index >= 15 is 0 Å². The van der Waals surface area contributed by atoms with Gasteiger partial charge in [-0.1, -0.05) is 78.1 Å². The van der Waals surface area contributed by atoms with Crippen molar-refractivity contribution >= 4 is 0 Å². The van der Waals surface area contributed by atoms with Crippen LogP contribution in [0.2, 0.25) is 0 Å². The average Bonchev–Trinajstić information content (AvgIpc) is 2.94. The van der Waals surface area contributed by atoms with Crippen LogP contribution in [0.1, 0.15) is 84.5 Å². The Labute approximate surface area is 126 Å². The molecule has 0 amide bonds. The number of aliphatic hydroxyl groups is 1. The number of unbranched alkanes of at least 4 members (excludes halogenated alkanes) is 6. The lowest BCUT2D eigenvalue weighted by atomic mass is 9.80. The van der Waals surface area contributed by atoms with Gasteiger partial charge >= 0.3 is 0 Å². The highest BCUT2D eigenvalue weighted by molar-refractivity contribution is 4.82. The number of aliphatic hydroxyl groups excluding tert-OH is 1. The van der Waals surface area contributed by atoms with Crippen LogP contribution in [-0.4, -0.2) is 24.4 Å². The van der Waals surface area contributed by atoms with E-state index in [9.17, 15) is 5.11 Å². The molecule has 2 heteroatoms. The van der Waals surface area contributed by atoms with Crippen molar-refractivity contribution < 1.29 is 9.84 Å². The lowest BCUT2D eigenvalue weighted by Gasteiger charge is -2.27. The Hall–Kier alpha value is -0.0800. The van der Waals surface area contributed by atoms with Gasteiger partial charge in [0.1, 0.15) is 0 Å². The molecule has 1 fully saturated rings. The molecule has 0 radical (unpaired) electrons. The first-order valence-electron chi connectivity index (χ1n) is 9.05. The molecule has 2 nitrogen and oxygen atoms in total. The van der Waals surface area contributed by atoms with Crippen molar-refractivity contribution in [1.82, 2.24) is 0 Å². The zero-order chi connectivity index (χ0) is 14.6. The second kappa shape index (κ2) is 11.6. The lowest BCUT2D eigenvalue weighted by Crippen LogP contribution is -2.27. The first-order valence-corrected chi connectivity index (χ1v) is 9.05. The van der Waals surface area contributed by atoms with Crippen molar-refractivity contribution in [1.29, 1.82) is 0 Å². The Bertz CT molecular complexity index is 205. The van der Waals surface area contributed by atoms with Crippen molar-refractivity contribution in [2.75, 3.05) is 13.2 Å². The van der Waals surface area contributed by atoms with Crippen LogP contribution >= 0.6 is 0 Å². The molecule has 20 heavy (non-hydrogen) atoms. The summed E-state index contributed by atoms with van der Waals surface area (Å²) in [5.74, 6) is 1.40. The third-order valence-electron chi connectivity index (χ3n) is 4.90. The molecule has 0 aromatic carbocycles. The minimum Gasteiger partial charge on any atom is -0.394 e. The molecule has 1 unspecified atom stereocenters. The third kappa shape index (κ3) is 6.58. The summed E-state index contributed by atoms with van der Waals surface area (Å²) in [6.45, 7) is 5.62. The van der Waals surface area contributed by atoms with E-state index in [0.717, 1.165) is 18.9 Å². The minimum atomic E-state index is 0.123. The number of hydrogen-bond acceptors (Lipinski definition) is 2. The van der Waals surface area contributed by atoms with Gasteiger partial charge in [-0.3, -0.25) is 0 Å². The van der Waals surface area contributed by atoms with Gasteiger partial charge in [0.2, 0.25) is 0 Å². The van der Waals surface area contributed by atoms with E-state index in [1.54, 1.807) is 0 Å². The van der Waals surface area contributed by atoms with Crippen molar-refractivity contribution in [3.63, 3.8) is 0 Å². The van der Waals surface area contributed by atoms with E-state index in [1.807, 2.05) is 0 Å². The maximum atomic E-state index is 9.48. The second-order valence-corrected chi connectivity index (χ2v) is 6.50. The molecular weight excluding hydrogens is 248 g/mol. The van der Waals surface area contributed by atoms with Crippen LogP contribution in [-0.2, 0) is 4.74 Å². The Morgan fingerprint density at radius 1 is 0.950 bits per heavy atom. The van der Waals surface area contributed by atoms with Gasteiger partial charge in [-0.05, 0) is 18.3 Å². The fourth-order valence-electron chi connectivity index (χ4n) is 3.63. The van der Waals surface area contributed by atoms with E-state index in [0.29, 0.717) is 5.92 Å². The molecule has 0 aromatic rings. The van der Waals surface area contributed by atoms with Gasteiger partial charge in [0.15, 0.2) is 0 Å². The zero-order valence-electron chi connectivity index (χ0n) is 13.8.